The van der Waals surface area contributed by atoms with Gasteiger partial charge in [0.15, 0.2) is 5.13 Å². The standard InChI is InChI=1S/C13H13N3O2S2/c1-10-9-15-13(19-10)16-20(17,18)12-6-2-4-11(8-12)5-3-7-14/h2,4,6,8-9H,7,14H2,1H3,(H,15,16). The molecule has 20 heavy (non-hydrogen) atoms. The number of thiazole rings is 1. The summed E-state index contributed by atoms with van der Waals surface area (Å²) >= 11 is 1.28. The maximum Gasteiger partial charge on any atom is 0.263 e. The van der Waals surface area contributed by atoms with E-state index in [1.54, 1.807) is 18.3 Å². The van der Waals surface area contributed by atoms with Crippen molar-refractivity contribution in [3.05, 3.63) is 40.9 Å². The van der Waals surface area contributed by atoms with Gasteiger partial charge < -0.3 is 5.73 Å². The number of hydrogen-bond acceptors (Lipinski definition) is 5. The fourth-order valence-corrected chi connectivity index (χ4v) is 3.42. The second kappa shape index (κ2) is 6.05. The molecular formula is C13H13N3O2S2. The van der Waals surface area contributed by atoms with Crippen LogP contribution in [0.1, 0.15) is 10.4 Å². The molecule has 1 heterocycles. The highest BCUT2D eigenvalue weighted by Crippen LogP contribution is 2.21. The lowest BCUT2D eigenvalue weighted by Gasteiger charge is -2.05. The van der Waals surface area contributed by atoms with Gasteiger partial charge in [0.05, 0.1) is 11.4 Å². The van der Waals surface area contributed by atoms with Crippen LogP contribution in [0, 0.1) is 18.8 Å². The average Bonchev–Trinajstić information content (AvgIpc) is 2.81. The van der Waals surface area contributed by atoms with Gasteiger partial charge in [0.25, 0.3) is 10.0 Å². The zero-order chi connectivity index (χ0) is 14.6. The Bertz CT molecular complexity index is 770. The van der Waals surface area contributed by atoms with Crippen molar-refractivity contribution >= 4 is 26.5 Å². The molecule has 2 rings (SSSR count). The first kappa shape index (κ1) is 14.5. The Labute approximate surface area is 121 Å². The predicted octanol–water partition coefficient (Wildman–Crippen LogP) is 1.56. The molecule has 0 saturated heterocycles. The summed E-state index contributed by atoms with van der Waals surface area (Å²) in [6, 6.07) is 6.39. The molecule has 0 spiro atoms. The second-order valence-electron chi connectivity index (χ2n) is 3.92. The molecule has 0 amide bonds. The van der Waals surface area contributed by atoms with Gasteiger partial charge in [-0.15, -0.1) is 11.3 Å². The van der Waals surface area contributed by atoms with Crippen molar-refractivity contribution in [1.82, 2.24) is 4.98 Å². The van der Waals surface area contributed by atoms with E-state index >= 15 is 0 Å². The van der Waals surface area contributed by atoms with Crippen LogP contribution in [0.4, 0.5) is 5.13 Å². The summed E-state index contributed by atoms with van der Waals surface area (Å²) < 4.78 is 26.9. The number of nitrogens with two attached hydrogens (primary N) is 1. The second-order valence-corrected chi connectivity index (χ2v) is 6.83. The number of benzene rings is 1. The molecule has 2 aromatic rings. The summed E-state index contributed by atoms with van der Waals surface area (Å²) in [6.07, 6.45) is 1.62. The fourth-order valence-electron chi connectivity index (χ4n) is 1.47. The Morgan fingerprint density at radius 3 is 2.90 bits per heavy atom. The van der Waals surface area contributed by atoms with Crippen molar-refractivity contribution in [2.24, 2.45) is 5.73 Å². The molecule has 0 radical (unpaired) electrons. The third-order valence-electron chi connectivity index (χ3n) is 2.32. The fraction of sp³-hybridized carbons (Fsp3) is 0.154. The number of aromatic nitrogens is 1. The number of sulfonamides is 1. The Kier molecular flexibility index (Phi) is 4.39. The monoisotopic (exact) mass is 307 g/mol. The highest BCUT2D eigenvalue weighted by molar-refractivity contribution is 7.93. The Morgan fingerprint density at radius 1 is 1.45 bits per heavy atom. The van der Waals surface area contributed by atoms with Gasteiger partial charge in [0, 0.05) is 16.6 Å². The first-order valence-corrected chi connectivity index (χ1v) is 8.05. The normalized spacial score (nSPS) is 10.7. The predicted molar refractivity (Wildman–Crippen MR) is 80.0 cm³/mol. The van der Waals surface area contributed by atoms with E-state index < -0.39 is 10.0 Å². The summed E-state index contributed by atoms with van der Waals surface area (Å²) in [6.45, 7) is 2.09. The van der Waals surface area contributed by atoms with E-state index in [9.17, 15) is 8.42 Å². The first-order chi connectivity index (χ1) is 9.51. The van der Waals surface area contributed by atoms with E-state index in [1.807, 2.05) is 6.92 Å². The van der Waals surface area contributed by atoms with Gasteiger partial charge in [-0.1, -0.05) is 17.9 Å². The topological polar surface area (TPSA) is 85.1 Å². The quantitative estimate of drug-likeness (QED) is 0.843. The van der Waals surface area contributed by atoms with Gasteiger partial charge in [-0.25, -0.2) is 13.4 Å². The van der Waals surface area contributed by atoms with Gasteiger partial charge in [0.1, 0.15) is 0 Å². The van der Waals surface area contributed by atoms with Crippen LogP contribution in [0.2, 0.25) is 0 Å². The van der Waals surface area contributed by atoms with E-state index in [2.05, 4.69) is 21.5 Å². The Hall–Kier alpha value is -1.88. The number of nitrogens with one attached hydrogen (secondary N) is 1. The SMILES string of the molecule is Cc1cnc(NS(=O)(=O)c2cccc(C#CCN)c2)s1. The van der Waals surface area contributed by atoms with Crippen LogP contribution >= 0.6 is 11.3 Å². The Morgan fingerprint density at radius 2 is 2.25 bits per heavy atom. The van der Waals surface area contributed by atoms with Crippen molar-refractivity contribution in [3.63, 3.8) is 0 Å². The zero-order valence-electron chi connectivity index (χ0n) is 10.8. The minimum atomic E-state index is -3.65. The minimum absolute atomic E-state index is 0.147. The molecule has 1 aromatic carbocycles. The van der Waals surface area contributed by atoms with Crippen molar-refractivity contribution in [2.45, 2.75) is 11.8 Å². The number of hydrogen-bond donors (Lipinski definition) is 2. The Balaban J connectivity index is 2.29. The lowest BCUT2D eigenvalue weighted by molar-refractivity contribution is 0.601. The lowest BCUT2D eigenvalue weighted by atomic mass is 10.2. The van der Waals surface area contributed by atoms with Crippen LogP contribution in [-0.2, 0) is 10.0 Å². The molecule has 0 aliphatic carbocycles. The molecule has 0 aliphatic heterocycles. The summed E-state index contributed by atoms with van der Waals surface area (Å²) in [7, 11) is -3.65. The van der Waals surface area contributed by atoms with E-state index in [-0.39, 0.29) is 11.4 Å². The summed E-state index contributed by atoms with van der Waals surface area (Å²) in [5.74, 6) is 5.49. The number of anilines is 1. The van der Waals surface area contributed by atoms with Gasteiger partial charge in [-0.3, -0.25) is 4.72 Å². The van der Waals surface area contributed by atoms with Crippen LogP contribution in [0.25, 0.3) is 0 Å². The minimum Gasteiger partial charge on any atom is -0.320 e. The van der Waals surface area contributed by atoms with Crippen molar-refractivity contribution in [3.8, 4) is 11.8 Å². The molecule has 3 N–H and O–H groups in total. The first-order valence-electron chi connectivity index (χ1n) is 5.75. The van der Waals surface area contributed by atoms with Crippen molar-refractivity contribution in [1.29, 1.82) is 0 Å². The summed E-state index contributed by atoms with van der Waals surface area (Å²) in [5.41, 5.74) is 5.90. The molecule has 0 aliphatic rings. The highest BCUT2D eigenvalue weighted by atomic mass is 32.2. The van der Waals surface area contributed by atoms with Crippen LogP contribution in [-0.4, -0.2) is 19.9 Å². The maximum absolute atomic E-state index is 12.2. The van der Waals surface area contributed by atoms with E-state index in [4.69, 9.17) is 5.73 Å². The molecule has 0 fully saturated rings. The van der Waals surface area contributed by atoms with Gasteiger partial charge in [-0.05, 0) is 25.1 Å². The molecule has 5 nitrogen and oxygen atoms in total. The number of nitrogens with zero attached hydrogens (tertiary/aromatic N) is 1. The van der Waals surface area contributed by atoms with Crippen LogP contribution in [0.5, 0.6) is 0 Å². The molecule has 0 saturated carbocycles. The van der Waals surface area contributed by atoms with Gasteiger partial charge >= 0.3 is 0 Å². The summed E-state index contributed by atoms with van der Waals surface area (Å²) in [4.78, 5) is 5.07. The smallest absolute Gasteiger partial charge is 0.263 e. The van der Waals surface area contributed by atoms with E-state index in [0.29, 0.717) is 10.7 Å². The maximum atomic E-state index is 12.2. The third kappa shape index (κ3) is 3.57. The molecule has 0 atom stereocenters. The number of aryl methyl sites for hydroxylation is 1. The zero-order valence-corrected chi connectivity index (χ0v) is 12.4. The average molecular weight is 307 g/mol. The number of rotatable bonds is 3. The molecule has 0 unspecified atom stereocenters. The molecular weight excluding hydrogens is 294 g/mol. The van der Waals surface area contributed by atoms with Crippen molar-refractivity contribution in [2.75, 3.05) is 11.3 Å². The van der Waals surface area contributed by atoms with E-state index in [1.165, 1.54) is 23.5 Å². The molecule has 1 aromatic heterocycles. The molecule has 7 heteroatoms. The van der Waals surface area contributed by atoms with E-state index in [0.717, 1.165) is 4.88 Å². The van der Waals surface area contributed by atoms with Gasteiger partial charge in [-0.2, -0.15) is 0 Å². The molecule has 0 bridgehead atoms. The van der Waals surface area contributed by atoms with Crippen molar-refractivity contribution < 1.29 is 8.42 Å². The molecule has 104 valence electrons. The van der Waals surface area contributed by atoms with Crippen LogP contribution < -0.4 is 10.5 Å². The third-order valence-corrected chi connectivity index (χ3v) is 4.62. The van der Waals surface area contributed by atoms with Crippen LogP contribution in [0.15, 0.2) is 35.4 Å². The van der Waals surface area contributed by atoms with Crippen LogP contribution in [0.3, 0.4) is 0 Å². The largest absolute Gasteiger partial charge is 0.320 e. The highest BCUT2D eigenvalue weighted by Gasteiger charge is 2.15. The van der Waals surface area contributed by atoms with Gasteiger partial charge in [0.2, 0.25) is 0 Å². The summed E-state index contributed by atoms with van der Waals surface area (Å²) in [5, 5.41) is 0.348. The lowest BCUT2D eigenvalue weighted by Crippen LogP contribution is -2.12.